The molecule has 1 fully saturated rings. The van der Waals surface area contributed by atoms with Gasteiger partial charge in [-0.15, -0.1) is 0 Å². The average Bonchev–Trinajstić information content (AvgIpc) is 2.80. The van der Waals surface area contributed by atoms with E-state index >= 15 is 0 Å². The maximum atomic E-state index is 13.6. The van der Waals surface area contributed by atoms with E-state index in [1.807, 2.05) is 13.0 Å². The molecule has 0 radical (unpaired) electrons. The van der Waals surface area contributed by atoms with E-state index in [1.165, 1.54) is 12.1 Å². The Labute approximate surface area is 111 Å². The third-order valence-electron chi connectivity index (χ3n) is 3.59. The minimum Gasteiger partial charge on any atom is -0.325 e. The summed E-state index contributed by atoms with van der Waals surface area (Å²) in [4.78, 5) is 12.1. The molecule has 0 bridgehead atoms. The van der Waals surface area contributed by atoms with Crippen molar-refractivity contribution in [2.24, 2.45) is 5.92 Å². The number of nitrogens with zero attached hydrogens (tertiary/aromatic N) is 1. The second-order valence-corrected chi connectivity index (χ2v) is 4.87. The maximum Gasteiger partial charge on any atom is 0.229 e. The molecular weight excluding hydrogens is 245 g/mol. The van der Waals surface area contributed by atoms with E-state index in [2.05, 4.69) is 10.6 Å². The van der Waals surface area contributed by atoms with Crippen LogP contribution in [0.2, 0.25) is 0 Å². The van der Waals surface area contributed by atoms with Gasteiger partial charge in [-0.3, -0.25) is 4.79 Å². The number of hydrogen-bond acceptors (Lipinski definition) is 3. The molecule has 0 aliphatic carbocycles. The van der Waals surface area contributed by atoms with Crippen LogP contribution in [0.1, 0.15) is 24.5 Å². The SMILES string of the molecule is Cc1c(F)cc(C#N)cc1NC(=O)C1CCNC1C. The van der Waals surface area contributed by atoms with Crippen molar-refractivity contribution >= 4 is 11.6 Å². The number of hydrogen-bond donors (Lipinski definition) is 2. The van der Waals surface area contributed by atoms with Crippen LogP contribution in [0.3, 0.4) is 0 Å². The highest BCUT2D eigenvalue weighted by Crippen LogP contribution is 2.23. The van der Waals surface area contributed by atoms with Crippen LogP contribution < -0.4 is 10.6 Å². The van der Waals surface area contributed by atoms with Crippen molar-refractivity contribution in [1.82, 2.24) is 5.32 Å². The predicted molar refractivity (Wildman–Crippen MR) is 70.1 cm³/mol. The van der Waals surface area contributed by atoms with Crippen LogP contribution in [0.4, 0.5) is 10.1 Å². The second kappa shape index (κ2) is 5.37. The predicted octanol–water partition coefficient (Wildman–Crippen LogP) is 1.94. The smallest absolute Gasteiger partial charge is 0.229 e. The fraction of sp³-hybridized carbons (Fsp3) is 0.429. The number of benzene rings is 1. The van der Waals surface area contributed by atoms with Gasteiger partial charge in [-0.25, -0.2) is 4.39 Å². The zero-order chi connectivity index (χ0) is 14.0. The van der Waals surface area contributed by atoms with Gasteiger partial charge < -0.3 is 10.6 Å². The minimum absolute atomic E-state index is 0.115. The molecule has 2 atom stereocenters. The summed E-state index contributed by atoms with van der Waals surface area (Å²) < 4.78 is 13.6. The topological polar surface area (TPSA) is 64.9 Å². The van der Waals surface area contributed by atoms with Gasteiger partial charge in [0.15, 0.2) is 0 Å². The number of amides is 1. The highest BCUT2D eigenvalue weighted by molar-refractivity contribution is 5.94. The molecule has 1 aliphatic heterocycles. The molecule has 2 rings (SSSR count). The lowest BCUT2D eigenvalue weighted by Gasteiger charge is -2.16. The number of halogens is 1. The molecule has 1 aromatic rings. The van der Waals surface area contributed by atoms with Crippen molar-refractivity contribution in [1.29, 1.82) is 5.26 Å². The summed E-state index contributed by atoms with van der Waals surface area (Å²) in [5, 5.41) is 14.8. The lowest BCUT2D eigenvalue weighted by molar-refractivity contribution is -0.120. The van der Waals surface area contributed by atoms with Crippen LogP contribution in [-0.4, -0.2) is 18.5 Å². The van der Waals surface area contributed by atoms with Crippen molar-refractivity contribution in [2.45, 2.75) is 26.3 Å². The number of nitriles is 1. The normalized spacial score (nSPS) is 22.0. The van der Waals surface area contributed by atoms with E-state index in [1.54, 1.807) is 6.92 Å². The van der Waals surface area contributed by atoms with E-state index < -0.39 is 5.82 Å². The molecule has 5 heteroatoms. The molecule has 100 valence electrons. The zero-order valence-electron chi connectivity index (χ0n) is 11.0. The Morgan fingerprint density at radius 1 is 1.58 bits per heavy atom. The van der Waals surface area contributed by atoms with Crippen LogP contribution in [0, 0.1) is 30.0 Å². The van der Waals surface area contributed by atoms with Crippen molar-refractivity contribution < 1.29 is 9.18 Å². The van der Waals surface area contributed by atoms with Crippen LogP contribution in [0.15, 0.2) is 12.1 Å². The summed E-state index contributed by atoms with van der Waals surface area (Å²) in [6.45, 7) is 4.35. The third kappa shape index (κ3) is 2.74. The van der Waals surface area contributed by atoms with Crippen LogP contribution >= 0.6 is 0 Å². The van der Waals surface area contributed by atoms with Gasteiger partial charge in [0.05, 0.1) is 17.6 Å². The summed E-state index contributed by atoms with van der Waals surface area (Å²) in [6.07, 6.45) is 0.770. The monoisotopic (exact) mass is 261 g/mol. The van der Waals surface area contributed by atoms with E-state index in [9.17, 15) is 9.18 Å². The summed E-state index contributed by atoms with van der Waals surface area (Å²) >= 11 is 0. The number of nitrogens with one attached hydrogen (secondary N) is 2. The van der Waals surface area contributed by atoms with Gasteiger partial charge >= 0.3 is 0 Å². The Kier molecular flexibility index (Phi) is 3.82. The van der Waals surface area contributed by atoms with Gasteiger partial charge in [-0.05, 0) is 38.9 Å². The zero-order valence-corrected chi connectivity index (χ0v) is 11.0. The van der Waals surface area contributed by atoms with Crippen LogP contribution in [0.5, 0.6) is 0 Å². The van der Waals surface area contributed by atoms with Crippen LogP contribution in [0.25, 0.3) is 0 Å². The fourth-order valence-electron chi connectivity index (χ4n) is 2.32. The maximum absolute atomic E-state index is 13.6. The third-order valence-corrected chi connectivity index (χ3v) is 3.59. The molecule has 0 saturated carbocycles. The first-order valence-corrected chi connectivity index (χ1v) is 6.27. The summed E-state index contributed by atoms with van der Waals surface area (Å²) in [6, 6.07) is 4.67. The molecule has 1 aliphatic rings. The summed E-state index contributed by atoms with van der Waals surface area (Å²) in [7, 11) is 0. The standard InChI is InChI=1S/C14H16FN3O/c1-8-12(15)5-10(7-16)6-13(8)18-14(19)11-3-4-17-9(11)2/h5-6,9,11,17H,3-4H2,1-2H3,(H,18,19). The highest BCUT2D eigenvalue weighted by Gasteiger charge is 2.29. The highest BCUT2D eigenvalue weighted by atomic mass is 19.1. The Bertz CT molecular complexity index is 550. The van der Waals surface area contributed by atoms with E-state index in [0.29, 0.717) is 11.3 Å². The minimum atomic E-state index is -0.480. The number of rotatable bonds is 2. The second-order valence-electron chi connectivity index (χ2n) is 4.87. The van der Waals surface area contributed by atoms with E-state index in [4.69, 9.17) is 5.26 Å². The van der Waals surface area contributed by atoms with Crippen molar-refractivity contribution in [3.05, 3.63) is 29.1 Å². The van der Waals surface area contributed by atoms with E-state index in [0.717, 1.165) is 13.0 Å². The molecule has 1 amide bonds. The summed E-state index contributed by atoms with van der Waals surface area (Å²) in [5.74, 6) is -0.727. The largest absolute Gasteiger partial charge is 0.325 e. The van der Waals surface area contributed by atoms with Crippen molar-refractivity contribution in [2.75, 3.05) is 11.9 Å². The number of carbonyl (C=O) groups excluding carboxylic acids is 1. The van der Waals surface area contributed by atoms with Crippen LogP contribution in [-0.2, 0) is 4.79 Å². The Balaban J connectivity index is 2.21. The van der Waals surface area contributed by atoms with Gasteiger partial charge in [-0.1, -0.05) is 0 Å². The molecule has 4 nitrogen and oxygen atoms in total. The van der Waals surface area contributed by atoms with E-state index in [-0.39, 0.29) is 23.4 Å². The molecular formula is C14H16FN3O. The lowest BCUT2D eigenvalue weighted by atomic mass is 10.0. The van der Waals surface area contributed by atoms with Gasteiger partial charge in [0.1, 0.15) is 5.82 Å². The first kappa shape index (κ1) is 13.5. The first-order valence-electron chi connectivity index (χ1n) is 6.27. The van der Waals surface area contributed by atoms with Gasteiger partial charge in [-0.2, -0.15) is 5.26 Å². The molecule has 19 heavy (non-hydrogen) atoms. The fourth-order valence-corrected chi connectivity index (χ4v) is 2.32. The van der Waals surface area contributed by atoms with Gasteiger partial charge in [0.2, 0.25) is 5.91 Å². The molecule has 2 N–H and O–H groups in total. The molecule has 1 saturated heterocycles. The van der Waals surface area contributed by atoms with Gasteiger partial charge in [0.25, 0.3) is 0 Å². The molecule has 0 spiro atoms. The van der Waals surface area contributed by atoms with Gasteiger partial charge in [0, 0.05) is 17.3 Å². The average molecular weight is 261 g/mol. The number of carbonyl (C=O) groups is 1. The molecule has 1 heterocycles. The Hall–Kier alpha value is -1.93. The molecule has 2 unspecified atom stereocenters. The first-order chi connectivity index (χ1) is 9.02. The molecule has 0 aromatic heterocycles. The Morgan fingerprint density at radius 3 is 2.89 bits per heavy atom. The Morgan fingerprint density at radius 2 is 2.32 bits per heavy atom. The molecule has 1 aromatic carbocycles. The van der Waals surface area contributed by atoms with Crippen molar-refractivity contribution in [3.8, 4) is 6.07 Å². The quantitative estimate of drug-likeness (QED) is 0.855. The van der Waals surface area contributed by atoms with Crippen molar-refractivity contribution in [3.63, 3.8) is 0 Å². The lowest BCUT2D eigenvalue weighted by Crippen LogP contribution is -2.32. The summed E-state index contributed by atoms with van der Waals surface area (Å²) in [5.41, 5.74) is 0.933. The number of anilines is 1.